The third-order valence-electron chi connectivity index (χ3n) is 3.79. The molecular weight excluding hydrogens is 336 g/mol. The summed E-state index contributed by atoms with van der Waals surface area (Å²) in [6, 6.07) is -0.856. The summed E-state index contributed by atoms with van der Waals surface area (Å²) in [4.78, 5) is 33.8. The van der Waals surface area contributed by atoms with Gasteiger partial charge in [0.25, 0.3) is 0 Å². The molecule has 1 aliphatic heterocycles. The van der Waals surface area contributed by atoms with Crippen molar-refractivity contribution in [1.82, 2.24) is 10.6 Å². The van der Waals surface area contributed by atoms with Crippen molar-refractivity contribution in [2.45, 2.75) is 44.6 Å². The molecule has 5 atom stereocenters. The quantitative estimate of drug-likeness (QED) is 0.281. The predicted molar refractivity (Wildman–Crippen MR) is 84.1 cm³/mol. The SMILES string of the molecule is CC(=O)NCCC1C=C(C(=O)O)OC(C(O)C(O)CO)C1NC(C)=O. The largest absolute Gasteiger partial charge is 0.478 e. The second-order valence-corrected chi connectivity index (χ2v) is 5.82. The number of carboxylic acid groups (broad SMARTS) is 1. The van der Waals surface area contributed by atoms with E-state index in [-0.39, 0.29) is 18.9 Å². The monoisotopic (exact) mass is 360 g/mol. The molecule has 10 nitrogen and oxygen atoms in total. The first-order valence-electron chi connectivity index (χ1n) is 7.77. The number of hydrogen-bond donors (Lipinski definition) is 6. The average molecular weight is 360 g/mol. The Labute approximate surface area is 144 Å². The van der Waals surface area contributed by atoms with Gasteiger partial charge in [-0.25, -0.2) is 4.79 Å². The van der Waals surface area contributed by atoms with Gasteiger partial charge in [0, 0.05) is 26.3 Å². The summed E-state index contributed by atoms with van der Waals surface area (Å²) in [7, 11) is 0. The first-order valence-corrected chi connectivity index (χ1v) is 7.77. The van der Waals surface area contributed by atoms with E-state index in [1.807, 2.05) is 0 Å². The molecule has 0 fully saturated rings. The van der Waals surface area contributed by atoms with Crippen molar-refractivity contribution in [2.75, 3.05) is 13.2 Å². The maximum atomic E-state index is 11.5. The summed E-state index contributed by atoms with van der Waals surface area (Å²) in [5, 5.41) is 43.2. The van der Waals surface area contributed by atoms with Gasteiger partial charge >= 0.3 is 5.97 Å². The zero-order valence-corrected chi connectivity index (χ0v) is 14.0. The fourth-order valence-corrected chi connectivity index (χ4v) is 2.63. The summed E-state index contributed by atoms with van der Waals surface area (Å²) in [6.07, 6.45) is -2.94. The molecule has 0 saturated carbocycles. The third-order valence-corrected chi connectivity index (χ3v) is 3.79. The number of rotatable bonds is 8. The molecular formula is C15H24N2O8. The van der Waals surface area contributed by atoms with Crippen LogP contribution in [0.3, 0.4) is 0 Å². The van der Waals surface area contributed by atoms with Crippen LogP contribution in [0.25, 0.3) is 0 Å². The number of carbonyl (C=O) groups excluding carboxylic acids is 2. The lowest BCUT2D eigenvalue weighted by atomic mass is 9.85. The predicted octanol–water partition coefficient (Wildman–Crippen LogP) is -2.29. The molecule has 1 aliphatic rings. The Balaban J connectivity index is 3.11. The van der Waals surface area contributed by atoms with Gasteiger partial charge in [0.05, 0.1) is 12.6 Å². The van der Waals surface area contributed by atoms with Gasteiger partial charge in [-0.15, -0.1) is 0 Å². The Kier molecular flexibility index (Phi) is 7.81. The first kappa shape index (κ1) is 20.9. The van der Waals surface area contributed by atoms with Crippen LogP contribution in [0.5, 0.6) is 0 Å². The fraction of sp³-hybridized carbons (Fsp3) is 0.667. The molecule has 25 heavy (non-hydrogen) atoms. The highest BCUT2D eigenvalue weighted by molar-refractivity contribution is 5.84. The van der Waals surface area contributed by atoms with Gasteiger partial charge in [0.2, 0.25) is 17.6 Å². The Morgan fingerprint density at radius 3 is 2.36 bits per heavy atom. The van der Waals surface area contributed by atoms with E-state index in [0.29, 0.717) is 0 Å². The van der Waals surface area contributed by atoms with Crippen LogP contribution in [0.1, 0.15) is 20.3 Å². The summed E-state index contributed by atoms with van der Waals surface area (Å²) in [6.45, 7) is 2.02. The normalized spacial score (nSPS) is 25.2. The van der Waals surface area contributed by atoms with Gasteiger partial charge in [-0.1, -0.05) is 0 Å². The van der Waals surface area contributed by atoms with Crippen molar-refractivity contribution in [2.24, 2.45) is 5.92 Å². The number of carboxylic acids is 1. The van der Waals surface area contributed by atoms with Crippen LogP contribution in [-0.2, 0) is 19.1 Å². The zero-order chi connectivity index (χ0) is 19.1. The van der Waals surface area contributed by atoms with E-state index in [4.69, 9.17) is 9.84 Å². The molecule has 0 saturated heterocycles. The molecule has 2 amide bonds. The molecule has 10 heteroatoms. The molecule has 0 bridgehead atoms. The fourth-order valence-electron chi connectivity index (χ4n) is 2.63. The molecule has 0 radical (unpaired) electrons. The zero-order valence-electron chi connectivity index (χ0n) is 14.0. The number of aliphatic hydroxyl groups is 3. The second kappa shape index (κ2) is 9.35. The minimum Gasteiger partial charge on any atom is -0.478 e. The molecule has 1 rings (SSSR count). The number of aliphatic carboxylic acids is 1. The minimum atomic E-state index is -1.63. The molecule has 0 aromatic rings. The Morgan fingerprint density at radius 2 is 1.88 bits per heavy atom. The number of carbonyl (C=O) groups is 3. The Hall–Kier alpha value is -2.17. The molecule has 0 aliphatic carbocycles. The number of amides is 2. The van der Waals surface area contributed by atoms with E-state index in [9.17, 15) is 29.7 Å². The highest BCUT2D eigenvalue weighted by Gasteiger charge is 2.43. The lowest BCUT2D eigenvalue weighted by Crippen LogP contribution is -2.58. The van der Waals surface area contributed by atoms with E-state index < -0.39 is 54.5 Å². The van der Waals surface area contributed by atoms with Crippen LogP contribution >= 0.6 is 0 Å². The van der Waals surface area contributed by atoms with Crippen molar-refractivity contribution in [3.05, 3.63) is 11.8 Å². The summed E-state index contributed by atoms with van der Waals surface area (Å²) < 4.78 is 5.24. The van der Waals surface area contributed by atoms with Crippen molar-refractivity contribution >= 4 is 17.8 Å². The standard InChI is InChI=1S/C15H24N2O8/c1-7(19)16-4-3-9-5-11(15(23)24)25-14(12(9)17-8(2)20)13(22)10(21)6-18/h5,9-10,12-14,18,21-22H,3-4,6H2,1-2H3,(H,16,19)(H,17,20)(H,23,24). The third kappa shape index (κ3) is 6.00. The summed E-state index contributed by atoms with van der Waals surface area (Å²) in [5.41, 5.74) is 0. The topological polar surface area (TPSA) is 165 Å². The maximum absolute atomic E-state index is 11.5. The van der Waals surface area contributed by atoms with Crippen LogP contribution < -0.4 is 10.6 Å². The minimum absolute atomic E-state index is 0.213. The smallest absolute Gasteiger partial charge is 0.370 e. The summed E-state index contributed by atoms with van der Waals surface area (Å²) in [5.74, 6) is -3.11. The van der Waals surface area contributed by atoms with Crippen molar-refractivity contribution in [3.63, 3.8) is 0 Å². The second-order valence-electron chi connectivity index (χ2n) is 5.82. The van der Waals surface area contributed by atoms with E-state index in [1.54, 1.807) is 0 Å². The molecule has 0 aromatic heterocycles. The number of ether oxygens (including phenoxy) is 1. The van der Waals surface area contributed by atoms with Gasteiger partial charge in [-0.05, 0) is 12.5 Å². The van der Waals surface area contributed by atoms with Crippen LogP contribution in [0, 0.1) is 5.92 Å². The van der Waals surface area contributed by atoms with Crippen LogP contribution in [0.4, 0.5) is 0 Å². The lowest BCUT2D eigenvalue weighted by molar-refractivity contribution is -0.147. The average Bonchev–Trinajstić information content (AvgIpc) is 2.53. The highest BCUT2D eigenvalue weighted by atomic mass is 16.5. The van der Waals surface area contributed by atoms with Crippen molar-refractivity contribution in [1.29, 1.82) is 0 Å². The van der Waals surface area contributed by atoms with Crippen molar-refractivity contribution in [3.8, 4) is 0 Å². The van der Waals surface area contributed by atoms with E-state index in [1.165, 1.54) is 19.9 Å². The molecule has 1 heterocycles. The number of aliphatic hydroxyl groups excluding tert-OH is 3. The van der Waals surface area contributed by atoms with E-state index >= 15 is 0 Å². The van der Waals surface area contributed by atoms with Gasteiger partial charge < -0.3 is 35.8 Å². The molecule has 0 spiro atoms. The molecule has 5 unspecified atom stereocenters. The molecule has 0 aromatic carbocycles. The van der Waals surface area contributed by atoms with Gasteiger partial charge in [0.1, 0.15) is 18.3 Å². The molecule has 142 valence electrons. The van der Waals surface area contributed by atoms with Crippen LogP contribution in [-0.4, -0.2) is 75.7 Å². The number of hydrogen-bond acceptors (Lipinski definition) is 7. The van der Waals surface area contributed by atoms with Gasteiger partial charge in [-0.2, -0.15) is 0 Å². The highest BCUT2D eigenvalue weighted by Crippen LogP contribution is 2.28. The van der Waals surface area contributed by atoms with Crippen LogP contribution in [0.2, 0.25) is 0 Å². The maximum Gasteiger partial charge on any atom is 0.370 e. The van der Waals surface area contributed by atoms with Crippen LogP contribution in [0.15, 0.2) is 11.8 Å². The van der Waals surface area contributed by atoms with Gasteiger partial charge in [0.15, 0.2) is 0 Å². The van der Waals surface area contributed by atoms with Crippen molar-refractivity contribution < 1.29 is 39.5 Å². The van der Waals surface area contributed by atoms with E-state index in [0.717, 1.165) is 0 Å². The number of nitrogens with one attached hydrogen (secondary N) is 2. The van der Waals surface area contributed by atoms with E-state index in [2.05, 4.69) is 10.6 Å². The Bertz CT molecular complexity index is 536. The molecule has 6 N–H and O–H groups in total. The first-order chi connectivity index (χ1) is 11.7. The summed E-state index contributed by atoms with van der Waals surface area (Å²) >= 11 is 0. The Morgan fingerprint density at radius 1 is 1.24 bits per heavy atom. The van der Waals surface area contributed by atoms with Gasteiger partial charge in [-0.3, -0.25) is 9.59 Å². The lowest BCUT2D eigenvalue weighted by Gasteiger charge is -2.40.